The molecule has 15 heteroatoms. The second kappa shape index (κ2) is 14.4. The zero-order valence-corrected chi connectivity index (χ0v) is 29.4. The van der Waals surface area contributed by atoms with Gasteiger partial charge in [0.15, 0.2) is 0 Å². The number of amides is 3. The Bertz CT molecular complexity index is 2040. The summed E-state index contributed by atoms with van der Waals surface area (Å²) >= 11 is 1.83. The number of benzene rings is 3. The third-order valence-corrected chi connectivity index (χ3v) is 11.5. The Morgan fingerprint density at radius 2 is 1.57 bits per heavy atom. The molecule has 0 radical (unpaired) electrons. The van der Waals surface area contributed by atoms with Crippen LogP contribution in [0, 0.1) is 5.92 Å². The molecule has 0 spiro atoms. The number of thiazole rings is 1. The van der Waals surface area contributed by atoms with Crippen LogP contribution in [0.2, 0.25) is 0 Å². The standard InChI is InChI=1S/C36H33F3N4O6S2/c1-4-41(5-2)22-15-11-20(12-16-22)27-28-29(32(46)43(31(28)45)23-17-13-21(14-18-23)34(47)49-6-3)50-33-30(27)51-35(48)42(33)19-26(44)40-25-10-8-7-9-24(25)36(37,38)39/h7-18,27-29H,4-6,19H2,1-3H3,(H,40,44). The highest BCUT2D eigenvalue weighted by molar-refractivity contribution is 8.00. The van der Waals surface area contributed by atoms with Crippen LogP contribution in [-0.4, -0.2) is 53.2 Å². The molecule has 1 saturated heterocycles. The van der Waals surface area contributed by atoms with Gasteiger partial charge in [-0.15, -0.1) is 0 Å². The van der Waals surface area contributed by atoms with Crippen molar-refractivity contribution >= 4 is 63.9 Å². The van der Waals surface area contributed by atoms with E-state index in [9.17, 15) is 37.1 Å². The van der Waals surface area contributed by atoms with Gasteiger partial charge in [-0.1, -0.05) is 47.4 Å². The lowest BCUT2D eigenvalue weighted by Gasteiger charge is -2.31. The van der Waals surface area contributed by atoms with Gasteiger partial charge in [0.1, 0.15) is 11.8 Å². The number of nitrogens with zero attached hydrogens (tertiary/aromatic N) is 3. The monoisotopic (exact) mass is 738 g/mol. The number of carbonyl (C=O) groups excluding carboxylic acids is 4. The molecular formula is C36H33F3N4O6S2. The van der Waals surface area contributed by atoms with Crippen LogP contribution in [0.15, 0.2) is 82.6 Å². The third kappa shape index (κ3) is 6.79. The average Bonchev–Trinajstić information content (AvgIpc) is 3.55. The Balaban J connectivity index is 1.39. The summed E-state index contributed by atoms with van der Waals surface area (Å²) in [6.07, 6.45) is -4.72. The molecule has 3 atom stereocenters. The fourth-order valence-corrected chi connectivity index (χ4v) is 9.26. The largest absolute Gasteiger partial charge is 0.462 e. The lowest BCUT2D eigenvalue weighted by molar-refractivity contribution is -0.137. The second-order valence-electron chi connectivity index (χ2n) is 11.8. The van der Waals surface area contributed by atoms with Crippen molar-refractivity contribution in [1.82, 2.24) is 4.57 Å². The van der Waals surface area contributed by atoms with Gasteiger partial charge in [0.25, 0.3) is 0 Å². The molecule has 1 fully saturated rings. The van der Waals surface area contributed by atoms with E-state index in [0.717, 1.165) is 63.5 Å². The van der Waals surface area contributed by atoms with Crippen molar-refractivity contribution < 1.29 is 37.1 Å². The molecule has 3 unspecified atom stereocenters. The molecule has 6 rings (SSSR count). The molecule has 1 N–H and O–H groups in total. The maximum absolute atomic E-state index is 14.3. The summed E-state index contributed by atoms with van der Waals surface area (Å²) in [4.78, 5) is 70.5. The number of fused-ring (bicyclic) bond motifs is 2. The average molecular weight is 739 g/mol. The van der Waals surface area contributed by atoms with Gasteiger partial charge in [0.2, 0.25) is 17.7 Å². The van der Waals surface area contributed by atoms with Gasteiger partial charge in [-0.05, 0) is 74.9 Å². The quantitative estimate of drug-likeness (QED) is 0.147. The van der Waals surface area contributed by atoms with Crippen LogP contribution in [0.5, 0.6) is 0 Å². The van der Waals surface area contributed by atoms with E-state index in [2.05, 4.69) is 10.2 Å². The number of nitrogens with one attached hydrogen (secondary N) is 1. The number of carbonyl (C=O) groups is 4. The highest BCUT2D eigenvalue weighted by Crippen LogP contribution is 2.54. The van der Waals surface area contributed by atoms with Crippen molar-refractivity contribution in [2.24, 2.45) is 5.92 Å². The third-order valence-electron chi connectivity index (χ3n) is 8.87. The summed E-state index contributed by atoms with van der Waals surface area (Å²) in [6.45, 7) is 6.83. The number of thioether (sulfide) groups is 1. The Hall–Kier alpha value is -4.89. The zero-order chi connectivity index (χ0) is 36.6. The molecule has 0 aliphatic carbocycles. The van der Waals surface area contributed by atoms with Crippen LogP contribution >= 0.6 is 23.1 Å². The minimum Gasteiger partial charge on any atom is -0.462 e. The SMILES string of the molecule is CCOC(=O)c1ccc(N2C(=O)C3Sc4c(sc(=O)n4CC(=O)Nc4ccccc4C(F)(F)F)C(c4ccc(N(CC)CC)cc4)C3C2=O)cc1. The number of aromatic nitrogens is 1. The van der Waals surface area contributed by atoms with Crippen LogP contribution in [-0.2, 0) is 31.8 Å². The molecule has 10 nitrogen and oxygen atoms in total. The first-order chi connectivity index (χ1) is 24.4. The van der Waals surface area contributed by atoms with Gasteiger partial charge >= 0.3 is 17.0 Å². The number of imide groups is 1. The Morgan fingerprint density at radius 1 is 0.902 bits per heavy atom. The topological polar surface area (TPSA) is 118 Å². The fraction of sp³-hybridized carbons (Fsp3) is 0.306. The number of para-hydroxylation sites is 1. The van der Waals surface area contributed by atoms with E-state index in [-0.39, 0.29) is 17.9 Å². The smallest absolute Gasteiger partial charge is 0.418 e. The first kappa shape index (κ1) is 35.9. The molecule has 0 bridgehead atoms. The number of ether oxygens (including phenoxy) is 1. The highest BCUT2D eigenvalue weighted by Gasteiger charge is 2.57. The van der Waals surface area contributed by atoms with Crippen molar-refractivity contribution in [3.8, 4) is 0 Å². The van der Waals surface area contributed by atoms with E-state index < -0.39 is 69.6 Å². The van der Waals surface area contributed by atoms with Crippen LogP contribution in [0.1, 0.15) is 53.1 Å². The van der Waals surface area contributed by atoms with Crippen LogP contribution in [0.3, 0.4) is 0 Å². The molecule has 3 aromatic carbocycles. The van der Waals surface area contributed by atoms with Crippen LogP contribution in [0.25, 0.3) is 0 Å². The minimum atomic E-state index is -4.72. The Kier molecular flexibility index (Phi) is 10.1. The maximum Gasteiger partial charge on any atom is 0.418 e. The number of halogens is 3. The number of alkyl halides is 3. The number of anilines is 3. The number of hydrogen-bond acceptors (Lipinski definition) is 9. The molecule has 2 aliphatic rings. The van der Waals surface area contributed by atoms with Gasteiger partial charge < -0.3 is 15.0 Å². The molecule has 51 heavy (non-hydrogen) atoms. The Labute approximate surface area is 299 Å². The lowest BCUT2D eigenvalue weighted by Crippen LogP contribution is -2.33. The molecule has 0 saturated carbocycles. The highest BCUT2D eigenvalue weighted by atomic mass is 32.2. The molecule has 3 amide bonds. The van der Waals surface area contributed by atoms with E-state index in [1.54, 1.807) is 6.92 Å². The summed E-state index contributed by atoms with van der Waals surface area (Å²) in [5.74, 6) is -4.10. The summed E-state index contributed by atoms with van der Waals surface area (Å²) in [7, 11) is 0. The van der Waals surface area contributed by atoms with Gasteiger partial charge in [-0.2, -0.15) is 13.2 Å². The van der Waals surface area contributed by atoms with E-state index in [0.29, 0.717) is 15.5 Å². The normalized spacial score (nSPS) is 18.3. The summed E-state index contributed by atoms with van der Waals surface area (Å²) in [6, 6.07) is 18.0. The van der Waals surface area contributed by atoms with Gasteiger partial charge in [-0.3, -0.25) is 23.7 Å². The van der Waals surface area contributed by atoms with Crippen molar-refractivity contribution in [3.63, 3.8) is 0 Å². The summed E-state index contributed by atoms with van der Waals surface area (Å²) in [5, 5.41) is 1.59. The molecule has 2 aliphatic heterocycles. The summed E-state index contributed by atoms with van der Waals surface area (Å²) < 4.78 is 47.0. The molecule has 3 heterocycles. The number of rotatable bonds is 10. The van der Waals surface area contributed by atoms with Gasteiger partial charge in [0.05, 0.1) is 40.1 Å². The van der Waals surface area contributed by atoms with Crippen LogP contribution in [0.4, 0.5) is 30.2 Å². The molecule has 4 aromatic rings. The first-order valence-electron chi connectivity index (χ1n) is 16.2. The Morgan fingerprint density at radius 3 is 2.20 bits per heavy atom. The molecule has 266 valence electrons. The predicted octanol–water partition coefficient (Wildman–Crippen LogP) is 6.39. The first-order valence-corrected chi connectivity index (χ1v) is 17.9. The van der Waals surface area contributed by atoms with E-state index >= 15 is 0 Å². The van der Waals surface area contributed by atoms with E-state index in [4.69, 9.17) is 4.74 Å². The van der Waals surface area contributed by atoms with Crippen molar-refractivity contribution in [2.75, 3.05) is 34.8 Å². The second-order valence-corrected chi connectivity index (χ2v) is 13.9. The van der Waals surface area contributed by atoms with Crippen molar-refractivity contribution in [3.05, 3.63) is 104 Å². The maximum atomic E-state index is 14.3. The zero-order valence-electron chi connectivity index (χ0n) is 27.7. The number of esters is 1. The van der Waals surface area contributed by atoms with Crippen molar-refractivity contribution in [2.45, 2.75) is 49.7 Å². The predicted molar refractivity (Wildman–Crippen MR) is 189 cm³/mol. The van der Waals surface area contributed by atoms with Crippen molar-refractivity contribution in [1.29, 1.82) is 0 Å². The van der Waals surface area contributed by atoms with Gasteiger partial charge in [-0.25, -0.2) is 9.69 Å². The number of hydrogen-bond donors (Lipinski definition) is 1. The van der Waals surface area contributed by atoms with E-state index in [1.807, 2.05) is 38.1 Å². The van der Waals surface area contributed by atoms with Gasteiger partial charge in [0, 0.05) is 29.6 Å². The fourth-order valence-electron chi connectivity index (χ4n) is 6.48. The summed E-state index contributed by atoms with van der Waals surface area (Å²) in [5.41, 5.74) is 0.651. The minimum absolute atomic E-state index is 0.180. The van der Waals surface area contributed by atoms with Crippen LogP contribution < -0.4 is 20.0 Å². The molecular weight excluding hydrogens is 706 g/mol. The molecule has 1 aromatic heterocycles. The van der Waals surface area contributed by atoms with E-state index in [1.165, 1.54) is 36.4 Å². The lowest BCUT2D eigenvalue weighted by atomic mass is 9.83.